The molecular formula is C10H18N2O. The van der Waals surface area contributed by atoms with Crippen LogP contribution in [-0.2, 0) is 0 Å². The molecule has 3 N–H and O–H groups in total. The first-order valence-corrected chi connectivity index (χ1v) is 4.82. The van der Waals surface area contributed by atoms with Crippen molar-refractivity contribution in [2.45, 2.75) is 18.9 Å². The summed E-state index contributed by atoms with van der Waals surface area (Å²) < 4.78 is 0. The van der Waals surface area contributed by atoms with E-state index in [1.807, 2.05) is 0 Å². The van der Waals surface area contributed by atoms with Crippen molar-refractivity contribution in [3.05, 3.63) is 0 Å². The van der Waals surface area contributed by atoms with Gasteiger partial charge in [0, 0.05) is 6.54 Å². The SMILES string of the molecule is C#CCN1CCC(C(O)CN)CC1. The number of nitrogens with two attached hydrogens (primary N) is 1. The molecule has 0 aliphatic carbocycles. The highest BCUT2D eigenvalue weighted by Crippen LogP contribution is 2.19. The quantitative estimate of drug-likeness (QED) is 0.587. The maximum absolute atomic E-state index is 9.52. The zero-order valence-electron chi connectivity index (χ0n) is 7.95. The van der Waals surface area contributed by atoms with Crippen LogP contribution in [0.3, 0.4) is 0 Å². The van der Waals surface area contributed by atoms with Crippen LogP contribution in [0.25, 0.3) is 0 Å². The molecule has 1 aliphatic rings. The Morgan fingerprint density at radius 3 is 2.62 bits per heavy atom. The smallest absolute Gasteiger partial charge is 0.0691 e. The second-order valence-corrected chi connectivity index (χ2v) is 3.62. The van der Waals surface area contributed by atoms with Crippen LogP contribution in [0, 0.1) is 18.3 Å². The molecule has 0 amide bonds. The predicted molar refractivity (Wildman–Crippen MR) is 53.1 cm³/mol. The summed E-state index contributed by atoms with van der Waals surface area (Å²) in [6.07, 6.45) is 6.92. The van der Waals surface area contributed by atoms with Crippen molar-refractivity contribution in [1.29, 1.82) is 0 Å². The number of piperidine rings is 1. The molecule has 1 unspecified atom stereocenters. The van der Waals surface area contributed by atoms with Crippen LogP contribution in [-0.4, -0.2) is 42.3 Å². The van der Waals surface area contributed by atoms with Crippen LogP contribution >= 0.6 is 0 Å². The van der Waals surface area contributed by atoms with Gasteiger partial charge in [0.05, 0.1) is 12.6 Å². The summed E-state index contributed by atoms with van der Waals surface area (Å²) >= 11 is 0. The summed E-state index contributed by atoms with van der Waals surface area (Å²) in [5.41, 5.74) is 5.40. The van der Waals surface area contributed by atoms with Gasteiger partial charge in [-0.05, 0) is 31.8 Å². The predicted octanol–water partition coefficient (Wildman–Crippen LogP) is -0.349. The standard InChI is InChI=1S/C10H18N2O/c1-2-5-12-6-3-9(4-7-12)10(13)8-11/h1,9-10,13H,3-8,11H2. The molecular weight excluding hydrogens is 164 g/mol. The van der Waals surface area contributed by atoms with E-state index in [2.05, 4.69) is 10.8 Å². The van der Waals surface area contributed by atoms with Crippen molar-refractivity contribution in [3.8, 4) is 12.3 Å². The normalized spacial score (nSPS) is 22.5. The number of nitrogens with zero attached hydrogens (tertiary/aromatic N) is 1. The largest absolute Gasteiger partial charge is 0.392 e. The molecule has 13 heavy (non-hydrogen) atoms. The highest BCUT2D eigenvalue weighted by molar-refractivity contribution is 4.90. The Morgan fingerprint density at radius 2 is 2.15 bits per heavy atom. The summed E-state index contributed by atoms with van der Waals surface area (Å²) in [6.45, 7) is 3.09. The lowest BCUT2D eigenvalue weighted by atomic mass is 9.91. The average Bonchev–Trinajstić information content (AvgIpc) is 2.18. The minimum atomic E-state index is -0.326. The topological polar surface area (TPSA) is 49.5 Å². The minimum absolute atomic E-state index is 0.326. The van der Waals surface area contributed by atoms with Crippen LogP contribution in [0.1, 0.15) is 12.8 Å². The summed E-state index contributed by atoms with van der Waals surface area (Å²) in [7, 11) is 0. The molecule has 0 spiro atoms. The second kappa shape index (κ2) is 5.23. The molecule has 1 aliphatic heterocycles. The van der Waals surface area contributed by atoms with Gasteiger partial charge < -0.3 is 10.8 Å². The molecule has 1 saturated heterocycles. The van der Waals surface area contributed by atoms with Gasteiger partial charge >= 0.3 is 0 Å². The zero-order chi connectivity index (χ0) is 9.68. The fraction of sp³-hybridized carbons (Fsp3) is 0.800. The zero-order valence-corrected chi connectivity index (χ0v) is 7.95. The molecule has 1 fully saturated rings. The molecule has 0 saturated carbocycles. The highest BCUT2D eigenvalue weighted by atomic mass is 16.3. The lowest BCUT2D eigenvalue weighted by molar-refractivity contribution is 0.0691. The van der Waals surface area contributed by atoms with E-state index in [-0.39, 0.29) is 6.10 Å². The number of likely N-dealkylation sites (tertiary alicyclic amines) is 1. The van der Waals surface area contributed by atoms with E-state index < -0.39 is 0 Å². The Balaban J connectivity index is 2.27. The summed E-state index contributed by atoms with van der Waals surface area (Å²) in [5, 5.41) is 9.52. The Bertz CT molecular complexity index is 180. The van der Waals surface area contributed by atoms with Crippen molar-refractivity contribution in [3.63, 3.8) is 0 Å². The summed E-state index contributed by atoms with van der Waals surface area (Å²) in [6, 6.07) is 0. The number of aliphatic hydroxyl groups is 1. The van der Waals surface area contributed by atoms with Crippen molar-refractivity contribution >= 4 is 0 Å². The lowest BCUT2D eigenvalue weighted by Crippen LogP contribution is -2.40. The molecule has 1 rings (SSSR count). The first-order valence-electron chi connectivity index (χ1n) is 4.82. The molecule has 74 valence electrons. The monoisotopic (exact) mass is 182 g/mol. The van der Waals surface area contributed by atoms with Crippen LogP contribution in [0.15, 0.2) is 0 Å². The first-order chi connectivity index (χ1) is 6.27. The molecule has 3 nitrogen and oxygen atoms in total. The molecule has 3 heteroatoms. The van der Waals surface area contributed by atoms with Crippen molar-refractivity contribution in [1.82, 2.24) is 4.90 Å². The van der Waals surface area contributed by atoms with E-state index in [1.165, 1.54) is 0 Å². The molecule has 0 bridgehead atoms. The molecule has 0 aromatic carbocycles. The first kappa shape index (κ1) is 10.5. The lowest BCUT2D eigenvalue weighted by Gasteiger charge is -2.32. The van der Waals surface area contributed by atoms with Crippen LogP contribution in [0.2, 0.25) is 0 Å². The fourth-order valence-electron chi connectivity index (χ4n) is 1.82. The third-order valence-corrected chi connectivity index (χ3v) is 2.73. The number of rotatable bonds is 3. The molecule has 1 heterocycles. The van der Waals surface area contributed by atoms with Gasteiger partial charge in [0.1, 0.15) is 0 Å². The average molecular weight is 182 g/mol. The van der Waals surface area contributed by atoms with Crippen molar-refractivity contribution in [2.75, 3.05) is 26.2 Å². The maximum atomic E-state index is 9.52. The van der Waals surface area contributed by atoms with E-state index in [0.29, 0.717) is 12.5 Å². The Labute approximate surface area is 79.9 Å². The fourth-order valence-corrected chi connectivity index (χ4v) is 1.82. The Morgan fingerprint density at radius 1 is 1.54 bits per heavy atom. The second-order valence-electron chi connectivity index (χ2n) is 3.62. The van der Waals surface area contributed by atoms with E-state index >= 15 is 0 Å². The van der Waals surface area contributed by atoms with Gasteiger partial charge in [-0.1, -0.05) is 5.92 Å². The van der Waals surface area contributed by atoms with Gasteiger partial charge in [0.2, 0.25) is 0 Å². The van der Waals surface area contributed by atoms with Crippen molar-refractivity contribution in [2.24, 2.45) is 11.7 Å². The van der Waals surface area contributed by atoms with Crippen LogP contribution in [0.4, 0.5) is 0 Å². The van der Waals surface area contributed by atoms with Crippen LogP contribution in [0.5, 0.6) is 0 Å². The highest BCUT2D eigenvalue weighted by Gasteiger charge is 2.23. The van der Waals surface area contributed by atoms with E-state index in [0.717, 1.165) is 32.5 Å². The summed E-state index contributed by atoms with van der Waals surface area (Å²) in [5.74, 6) is 3.01. The van der Waals surface area contributed by atoms with E-state index in [1.54, 1.807) is 0 Å². The van der Waals surface area contributed by atoms with Gasteiger partial charge in [-0.25, -0.2) is 0 Å². The van der Waals surface area contributed by atoms with E-state index in [9.17, 15) is 5.11 Å². The van der Waals surface area contributed by atoms with Gasteiger partial charge in [-0.3, -0.25) is 4.90 Å². The Hall–Kier alpha value is -0.560. The Kier molecular flexibility index (Phi) is 4.23. The number of hydrogen-bond donors (Lipinski definition) is 2. The van der Waals surface area contributed by atoms with E-state index in [4.69, 9.17) is 12.2 Å². The molecule has 0 aromatic rings. The van der Waals surface area contributed by atoms with Crippen molar-refractivity contribution < 1.29 is 5.11 Å². The van der Waals surface area contributed by atoms with Gasteiger partial charge in [0.25, 0.3) is 0 Å². The van der Waals surface area contributed by atoms with Gasteiger partial charge in [-0.2, -0.15) is 0 Å². The van der Waals surface area contributed by atoms with Gasteiger partial charge in [0.15, 0.2) is 0 Å². The number of hydrogen-bond acceptors (Lipinski definition) is 3. The number of terminal acetylenes is 1. The molecule has 1 atom stereocenters. The third-order valence-electron chi connectivity index (χ3n) is 2.73. The maximum Gasteiger partial charge on any atom is 0.0691 e. The number of aliphatic hydroxyl groups excluding tert-OH is 1. The van der Waals surface area contributed by atoms with Gasteiger partial charge in [-0.15, -0.1) is 6.42 Å². The minimum Gasteiger partial charge on any atom is -0.392 e. The summed E-state index contributed by atoms with van der Waals surface area (Å²) in [4.78, 5) is 2.24. The third kappa shape index (κ3) is 3.00. The molecule has 0 radical (unpaired) electrons. The molecule has 0 aromatic heterocycles. The van der Waals surface area contributed by atoms with Crippen LogP contribution < -0.4 is 5.73 Å².